The quantitative estimate of drug-likeness (QED) is 0.769. The number of fused-ring (bicyclic) bond motifs is 1. The van der Waals surface area contributed by atoms with Crippen LogP contribution in [0, 0.1) is 0 Å². The Morgan fingerprint density at radius 1 is 1.33 bits per heavy atom. The molecule has 1 unspecified atom stereocenters. The monoisotopic (exact) mass is 285 g/mol. The standard InChI is InChI=1S/C17H23N3O/c1-3-13(2)20-17(21)8-10-19-12-15-6-4-5-14-11-18-9-7-16(14)15/h4-7,9,11,13,19H,3,8,10,12H2,1-2H3,(H,20,21). The van der Waals surface area contributed by atoms with Crippen molar-refractivity contribution in [3.63, 3.8) is 0 Å². The van der Waals surface area contributed by atoms with Crippen LogP contribution in [-0.4, -0.2) is 23.5 Å². The minimum atomic E-state index is 0.110. The Hall–Kier alpha value is -1.94. The van der Waals surface area contributed by atoms with E-state index in [1.807, 2.05) is 31.5 Å². The highest BCUT2D eigenvalue weighted by Crippen LogP contribution is 2.16. The number of hydrogen-bond acceptors (Lipinski definition) is 3. The number of pyridine rings is 1. The summed E-state index contributed by atoms with van der Waals surface area (Å²) >= 11 is 0. The van der Waals surface area contributed by atoms with Gasteiger partial charge in [-0.2, -0.15) is 0 Å². The largest absolute Gasteiger partial charge is 0.354 e. The van der Waals surface area contributed by atoms with Crippen LogP contribution in [0.15, 0.2) is 36.7 Å². The fourth-order valence-electron chi connectivity index (χ4n) is 2.22. The molecule has 0 fully saturated rings. The summed E-state index contributed by atoms with van der Waals surface area (Å²) in [4.78, 5) is 15.8. The third-order valence-corrected chi connectivity index (χ3v) is 3.64. The first-order valence-corrected chi connectivity index (χ1v) is 7.52. The predicted octanol–water partition coefficient (Wildman–Crippen LogP) is 2.63. The number of rotatable bonds is 7. The smallest absolute Gasteiger partial charge is 0.221 e. The lowest BCUT2D eigenvalue weighted by atomic mass is 10.1. The third-order valence-electron chi connectivity index (χ3n) is 3.64. The van der Waals surface area contributed by atoms with Gasteiger partial charge in [0.1, 0.15) is 0 Å². The number of aromatic nitrogens is 1. The summed E-state index contributed by atoms with van der Waals surface area (Å²) in [6, 6.07) is 8.49. The first kappa shape index (κ1) is 15.4. The molecule has 0 spiro atoms. The lowest BCUT2D eigenvalue weighted by molar-refractivity contribution is -0.121. The van der Waals surface area contributed by atoms with Crippen LogP contribution in [0.5, 0.6) is 0 Å². The maximum Gasteiger partial charge on any atom is 0.221 e. The molecule has 0 bridgehead atoms. The molecule has 2 rings (SSSR count). The number of carbonyl (C=O) groups excluding carboxylic acids is 1. The van der Waals surface area contributed by atoms with Gasteiger partial charge in [-0.25, -0.2) is 0 Å². The minimum absolute atomic E-state index is 0.110. The van der Waals surface area contributed by atoms with Gasteiger partial charge in [-0.15, -0.1) is 0 Å². The molecule has 1 aromatic heterocycles. The zero-order valence-electron chi connectivity index (χ0n) is 12.7. The van der Waals surface area contributed by atoms with Crippen molar-refractivity contribution in [1.29, 1.82) is 0 Å². The second-order valence-corrected chi connectivity index (χ2v) is 5.32. The van der Waals surface area contributed by atoms with Crippen LogP contribution in [0.25, 0.3) is 10.8 Å². The van der Waals surface area contributed by atoms with Crippen molar-refractivity contribution in [2.24, 2.45) is 0 Å². The Bertz CT molecular complexity index is 592. The predicted molar refractivity (Wildman–Crippen MR) is 86.0 cm³/mol. The summed E-state index contributed by atoms with van der Waals surface area (Å²) in [5, 5.41) is 8.66. The Morgan fingerprint density at radius 3 is 3.00 bits per heavy atom. The topological polar surface area (TPSA) is 54.0 Å². The normalized spacial score (nSPS) is 12.3. The number of nitrogens with one attached hydrogen (secondary N) is 2. The molecule has 21 heavy (non-hydrogen) atoms. The Kier molecular flexibility index (Phi) is 5.69. The van der Waals surface area contributed by atoms with Crippen LogP contribution >= 0.6 is 0 Å². The van der Waals surface area contributed by atoms with Crippen LogP contribution in [0.4, 0.5) is 0 Å². The molecule has 0 aliphatic rings. The molecule has 1 aromatic carbocycles. The van der Waals surface area contributed by atoms with Gasteiger partial charge in [0.15, 0.2) is 0 Å². The van der Waals surface area contributed by atoms with E-state index in [1.54, 1.807) is 0 Å². The van der Waals surface area contributed by atoms with E-state index in [0.717, 1.165) is 18.4 Å². The van der Waals surface area contributed by atoms with Crippen LogP contribution in [0.1, 0.15) is 32.3 Å². The number of hydrogen-bond donors (Lipinski definition) is 2. The molecule has 2 N–H and O–H groups in total. The van der Waals surface area contributed by atoms with Gasteiger partial charge >= 0.3 is 0 Å². The zero-order valence-corrected chi connectivity index (χ0v) is 12.7. The van der Waals surface area contributed by atoms with Crippen molar-refractivity contribution in [3.8, 4) is 0 Å². The minimum Gasteiger partial charge on any atom is -0.354 e. The van der Waals surface area contributed by atoms with Gasteiger partial charge in [0, 0.05) is 43.3 Å². The van der Waals surface area contributed by atoms with Crippen molar-refractivity contribution in [2.75, 3.05) is 6.54 Å². The highest BCUT2D eigenvalue weighted by molar-refractivity contribution is 5.84. The zero-order chi connectivity index (χ0) is 15.1. The average Bonchev–Trinajstić information content (AvgIpc) is 2.51. The molecule has 1 amide bonds. The van der Waals surface area contributed by atoms with E-state index in [-0.39, 0.29) is 11.9 Å². The van der Waals surface area contributed by atoms with Crippen LogP contribution in [0.3, 0.4) is 0 Å². The second kappa shape index (κ2) is 7.74. The fraction of sp³-hybridized carbons (Fsp3) is 0.412. The van der Waals surface area contributed by atoms with Crippen molar-refractivity contribution in [3.05, 3.63) is 42.2 Å². The number of amides is 1. The van der Waals surface area contributed by atoms with Gasteiger partial charge in [0.25, 0.3) is 0 Å². The molecule has 0 saturated carbocycles. The van der Waals surface area contributed by atoms with E-state index in [2.05, 4.69) is 34.7 Å². The molecule has 112 valence electrons. The number of benzene rings is 1. The summed E-state index contributed by atoms with van der Waals surface area (Å²) in [6.07, 6.45) is 5.16. The van der Waals surface area contributed by atoms with Gasteiger partial charge in [-0.05, 0) is 30.4 Å². The first-order chi connectivity index (χ1) is 10.2. The molecule has 1 heterocycles. The molecule has 0 aliphatic heterocycles. The molecule has 4 nitrogen and oxygen atoms in total. The Labute approximate surface area is 126 Å². The molecule has 0 radical (unpaired) electrons. The molecule has 0 saturated heterocycles. The highest BCUT2D eigenvalue weighted by atomic mass is 16.1. The summed E-state index contributed by atoms with van der Waals surface area (Å²) in [7, 11) is 0. The van der Waals surface area contributed by atoms with E-state index in [0.29, 0.717) is 13.0 Å². The maximum atomic E-state index is 11.7. The molecule has 2 aromatic rings. The number of nitrogens with zero attached hydrogens (tertiary/aromatic N) is 1. The summed E-state index contributed by atoms with van der Waals surface area (Å²) in [5.74, 6) is 0.110. The lowest BCUT2D eigenvalue weighted by Gasteiger charge is -2.12. The average molecular weight is 285 g/mol. The van der Waals surface area contributed by atoms with Crippen LogP contribution in [0.2, 0.25) is 0 Å². The van der Waals surface area contributed by atoms with Crippen molar-refractivity contribution in [1.82, 2.24) is 15.6 Å². The summed E-state index contributed by atoms with van der Waals surface area (Å²) < 4.78 is 0. The lowest BCUT2D eigenvalue weighted by Crippen LogP contribution is -2.33. The van der Waals surface area contributed by atoms with Gasteiger partial charge < -0.3 is 10.6 Å². The van der Waals surface area contributed by atoms with Crippen molar-refractivity contribution in [2.45, 2.75) is 39.3 Å². The van der Waals surface area contributed by atoms with E-state index >= 15 is 0 Å². The van der Waals surface area contributed by atoms with E-state index in [4.69, 9.17) is 0 Å². The summed E-state index contributed by atoms with van der Waals surface area (Å²) in [6.45, 7) is 5.54. The van der Waals surface area contributed by atoms with E-state index in [9.17, 15) is 4.79 Å². The molecular weight excluding hydrogens is 262 g/mol. The van der Waals surface area contributed by atoms with Gasteiger partial charge in [-0.3, -0.25) is 9.78 Å². The Balaban J connectivity index is 1.82. The van der Waals surface area contributed by atoms with Crippen LogP contribution in [-0.2, 0) is 11.3 Å². The van der Waals surface area contributed by atoms with Gasteiger partial charge in [0.2, 0.25) is 5.91 Å². The molecule has 0 aliphatic carbocycles. The molecular formula is C17H23N3O. The third kappa shape index (κ3) is 4.53. The Morgan fingerprint density at radius 2 is 2.19 bits per heavy atom. The van der Waals surface area contributed by atoms with Crippen molar-refractivity contribution < 1.29 is 4.79 Å². The van der Waals surface area contributed by atoms with Gasteiger partial charge in [-0.1, -0.05) is 25.1 Å². The highest BCUT2D eigenvalue weighted by Gasteiger charge is 2.05. The van der Waals surface area contributed by atoms with E-state index < -0.39 is 0 Å². The SMILES string of the molecule is CCC(C)NC(=O)CCNCc1cccc2cnccc12. The number of carbonyl (C=O) groups is 1. The fourth-order valence-corrected chi connectivity index (χ4v) is 2.22. The second-order valence-electron chi connectivity index (χ2n) is 5.32. The summed E-state index contributed by atoms with van der Waals surface area (Å²) in [5.41, 5.74) is 1.23. The maximum absolute atomic E-state index is 11.7. The first-order valence-electron chi connectivity index (χ1n) is 7.52. The molecule has 1 atom stereocenters. The van der Waals surface area contributed by atoms with Crippen LogP contribution < -0.4 is 10.6 Å². The molecule has 4 heteroatoms. The van der Waals surface area contributed by atoms with Crippen molar-refractivity contribution >= 4 is 16.7 Å². The van der Waals surface area contributed by atoms with Gasteiger partial charge in [0.05, 0.1) is 0 Å². The van der Waals surface area contributed by atoms with E-state index in [1.165, 1.54) is 10.9 Å².